The minimum absolute atomic E-state index is 0.244. The number of ether oxygens (including phenoxy) is 3. The first-order valence-corrected chi connectivity index (χ1v) is 13.5. The third-order valence-electron chi connectivity index (χ3n) is 6.41. The summed E-state index contributed by atoms with van der Waals surface area (Å²) in [5.74, 6) is -0.660. The zero-order chi connectivity index (χ0) is 28.4. The van der Waals surface area contributed by atoms with Gasteiger partial charge in [-0.25, -0.2) is 18.9 Å². The van der Waals surface area contributed by atoms with Gasteiger partial charge in [0.1, 0.15) is 11.0 Å². The number of phenolic OH excluding ortho intramolecular Hbond substituents is 1. The number of nitrogens with zero attached hydrogens (tertiary/aromatic N) is 5. The molecule has 5 rings (SSSR count). The highest BCUT2D eigenvalue weighted by Crippen LogP contribution is 2.35. The van der Waals surface area contributed by atoms with Crippen LogP contribution in [0.25, 0.3) is 22.4 Å². The van der Waals surface area contributed by atoms with Crippen LogP contribution in [0.2, 0.25) is 0 Å². The van der Waals surface area contributed by atoms with Crippen molar-refractivity contribution >= 4 is 17.1 Å². The van der Waals surface area contributed by atoms with Crippen molar-refractivity contribution in [1.82, 2.24) is 24.6 Å². The second-order valence-corrected chi connectivity index (χ2v) is 11.1. The average molecular weight is 544 g/mol. The predicted octanol–water partition coefficient (Wildman–Crippen LogP) is 5.70. The number of carbonyl (C=O) groups is 1. The molecule has 2 aromatic heterocycles. The van der Waals surface area contributed by atoms with E-state index in [1.54, 1.807) is 21.8 Å². The van der Waals surface area contributed by atoms with Crippen molar-refractivity contribution in [2.45, 2.75) is 72.6 Å². The topological polar surface area (TPSA) is 112 Å². The quantitative estimate of drug-likeness (QED) is 0.436. The molecule has 11 heteroatoms. The molecule has 4 heterocycles. The van der Waals surface area contributed by atoms with Gasteiger partial charge in [-0.1, -0.05) is 20.8 Å². The fourth-order valence-corrected chi connectivity index (χ4v) is 4.58. The Bertz CT molecular complexity index is 1310. The van der Waals surface area contributed by atoms with Crippen LogP contribution < -0.4 is 4.74 Å². The molecule has 3 aromatic rings. The number of fused-ring (bicyclic) bond motifs is 1. The van der Waals surface area contributed by atoms with Gasteiger partial charge in [0, 0.05) is 30.7 Å². The molecule has 0 saturated carbocycles. The Morgan fingerprint density at radius 2 is 1.97 bits per heavy atom. The number of carbonyl (C=O) groups excluding carboxylic acids is 1. The van der Waals surface area contributed by atoms with Crippen molar-refractivity contribution in [1.29, 1.82) is 0 Å². The first-order chi connectivity index (χ1) is 18.5. The molecule has 1 unspecified atom stereocenters. The van der Waals surface area contributed by atoms with Crippen LogP contribution in [-0.4, -0.2) is 67.8 Å². The van der Waals surface area contributed by atoms with E-state index < -0.39 is 17.2 Å². The largest absolute Gasteiger partial charge is 0.505 e. The predicted molar refractivity (Wildman–Crippen MR) is 144 cm³/mol. The van der Waals surface area contributed by atoms with Crippen molar-refractivity contribution in [3.8, 4) is 23.0 Å². The summed E-state index contributed by atoms with van der Waals surface area (Å²) in [5.41, 5.74) is 0.0692. The highest BCUT2D eigenvalue weighted by Gasteiger charge is 2.44. The molecule has 1 atom stereocenters. The average Bonchev–Trinajstić information content (AvgIpc) is 3.32. The van der Waals surface area contributed by atoms with E-state index in [0.717, 1.165) is 19.3 Å². The van der Waals surface area contributed by atoms with E-state index in [4.69, 9.17) is 14.2 Å². The fraction of sp³-hybridized carbons (Fsp3) is 0.571. The van der Waals surface area contributed by atoms with Crippen molar-refractivity contribution in [3.63, 3.8) is 0 Å². The normalized spacial score (nSPS) is 18.6. The minimum atomic E-state index is -0.767. The van der Waals surface area contributed by atoms with E-state index in [1.807, 2.05) is 41.5 Å². The summed E-state index contributed by atoms with van der Waals surface area (Å²) in [7, 11) is 0. The molecule has 2 aliphatic rings. The monoisotopic (exact) mass is 543 g/mol. The van der Waals surface area contributed by atoms with E-state index in [-0.39, 0.29) is 23.6 Å². The lowest BCUT2D eigenvalue weighted by atomic mass is 9.83. The highest BCUT2D eigenvalue weighted by molar-refractivity contribution is 5.82. The molecule has 1 amide bonds. The zero-order valence-corrected chi connectivity index (χ0v) is 23.5. The molecule has 0 spiro atoms. The van der Waals surface area contributed by atoms with E-state index in [9.17, 15) is 14.3 Å². The van der Waals surface area contributed by atoms with Crippen LogP contribution in [0, 0.1) is 11.2 Å². The lowest BCUT2D eigenvalue weighted by Gasteiger charge is -2.47. The molecule has 2 fully saturated rings. The number of likely N-dealkylation sites (tertiary alicyclic amines) is 1. The summed E-state index contributed by atoms with van der Waals surface area (Å²) in [4.78, 5) is 23.3. The molecule has 0 bridgehead atoms. The van der Waals surface area contributed by atoms with E-state index in [0.29, 0.717) is 48.8 Å². The van der Waals surface area contributed by atoms with Crippen LogP contribution in [0.3, 0.4) is 0 Å². The molecule has 1 N–H and O–H groups in total. The van der Waals surface area contributed by atoms with Gasteiger partial charge in [-0.05, 0) is 58.2 Å². The van der Waals surface area contributed by atoms with Gasteiger partial charge in [0.15, 0.2) is 29.3 Å². The number of aromatic nitrogens is 4. The maximum Gasteiger partial charge on any atom is 0.410 e. The van der Waals surface area contributed by atoms with Crippen LogP contribution in [0.15, 0.2) is 24.4 Å². The Hall–Kier alpha value is -3.47. The molecule has 10 nitrogen and oxygen atoms in total. The van der Waals surface area contributed by atoms with E-state index in [2.05, 4.69) is 15.1 Å². The summed E-state index contributed by atoms with van der Waals surface area (Å²) < 4.78 is 33.4. The molecular weight excluding hydrogens is 505 g/mol. The number of rotatable bonds is 5. The number of amides is 1. The molecule has 39 heavy (non-hydrogen) atoms. The van der Waals surface area contributed by atoms with Gasteiger partial charge in [0.2, 0.25) is 5.88 Å². The molecule has 0 aliphatic carbocycles. The molecule has 0 radical (unpaired) electrons. The number of phenols is 1. The van der Waals surface area contributed by atoms with Gasteiger partial charge < -0.3 is 24.2 Å². The molecular formula is C28H38FN5O5. The third kappa shape index (κ3) is 6.41. The summed E-state index contributed by atoms with van der Waals surface area (Å²) in [5, 5.41) is 14.8. The van der Waals surface area contributed by atoms with Crippen LogP contribution in [0.4, 0.5) is 9.18 Å². The Kier molecular flexibility index (Phi) is 8.29. The fourth-order valence-electron chi connectivity index (χ4n) is 4.58. The second-order valence-electron chi connectivity index (χ2n) is 11.1. The number of benzene rings is 1. The molecule has 2 saturated heterocycles. The summed E-state index contributed by atoms with van der Waals surface area (Å²) in [6, 6.07) is 4.00. The van der Waals surface area contributed by atoms with Crippen LogP contribution in [-0.2, 0) is 9.47 Å². The molecule has 2 aliphatic heterocycles. The maximum absolute atomic E-state index is 14.1. The Morgan fingerprint density at radius 3 is 2.62 bits per heavy atom. The first-order valence-electron chi connectivity index (χ1n) is 13.5. The zero-order valence-electron chi connectivity index (χ0n) is 23.5. The first kappa shape index (κ1) is 28.5. The molecule has 1 aromatic carbocycles. The summed E-state index contributed by atoms with van der Waals surface area (Å²) in [6.45, 7) is 13.5. The Labute approximate surface area is 228 Å². The standard InChI is InChI=1S/C26H32FN5O5.C2H6/c1-25(2,3)37-24(34)31-13-26(4,14-31)15-36-23-17-12-28-32(20-7-5-6-10-35-20)22(17)29-21(30-23)16-8-9-19(33)18(27)11-16;1-2/h8-9,11-12,20,33H,5-7,10,13-15H2,1-4H3;1-2H3. The number of hydrogen-bond acceptors (Lipinski definition) is 8. The minimum Gasteiger partial charge on any atom is -0.505 e. The third-order valence-corrected chi connectivity index (χ3v) is 6.41. The summed E-state index contributed by atoms with van der Waals surface area (Å²) in [6.07, 6.45) is 3.86. The lowest BCUT2D eigenvalue weighted by Crippen LogP contribution is -2.60. The number of hydrogen-bond donors (Lipinski definition) is 1. The van der Waals surface area contributed by atoms with Crippen LogP contribution >= 0.6 is 0 Å². The van der Waals surface area contributed by atoms with Gasteiger partial charge in [-0.3, -0.25) is 0 Å². The second kappa shape index (κ2) is 11.3. The maximum atomic E-state index is 14.1. The Balaban J connectivity index is 0.00000172. The van der Waals surface area contributed by atoms with Crippen LogP contribution in [0.1, 0.15) is 67.0 Å². The number of halogens is 1. The van der Waals surface area contributed by atoms with Crippen molar-refractivity contribution in [3.05, 3.63) is 30.2 Å². The highest BCUT2D eigenvalue weighted by atomic mass is 19.1. The summed E-state index contributed by atoms with van der Waals surface area (Å²) >= 11 is 0. The SMILES string of the molecule is CC.CC1(COc2nc(-c3ccc(O)c(F)c3)nc3c2cnn3C2CCCCO2)CN(C(=O)OC(C)(C)C)C1. The Morgan fingerprint density at radius 1 is 1.23 bits per heavy atom. The van der Waals surface area contributed by atoms with Crippen molar-refractivity contribution in [2.24, 2.45) is 5.41 Å². The number of aromatic hydroxyl groups is 1. The van der Waals surface area contributed by atoms with Gasteiger partial charge in [0.05, 0.1) is 12.8 Å². The van der Waals surface area contributed by atoms with Crippen molar-refractivity contribution in [2.75, 3.05) is 26.3 Å². The van der Waals surface area contributed by atoms with Gasteiger partial charge >= 0.3 is 6.09 Å². The van der Waals surface area contributed by atoms with Crippen LogP contribution in [0.5, 0.6) is 11.6 Å². The van der Waals surface area contributed by atoms with Crippen molar-refractivity contribution < 1.29 is 28.5 Å². The van der Waals surface area contributed by atoms with E-state index >= 15 is 0 Å². The lowest BCUT2D eigenvalue weighted by molar-refractivity contribution is -0.0431. The smallest absolute Gasteiger partial charge is 0.410 e. The molecule has 212 valence electrons. The van der Waals surface area contributed by atoms with E-state index in [1.165, 1.54) is 12.1 Å². The van der Waals surface area contributed by atoms with Gasteiger partial charge in [-0.2, -0.15) is 10.1 Å². The van der Waals surface area contributed by atoms with Gasteiger partial charge in [-0.15, -0.1) is 0 Å². The van der Waals surface area contributed by atoms with Gasteiger partial charge in [0.25, 0.3) is 0 Å².